The zero-order chi connectivity index (χ0) is 14.3. The molecule has 2 heterocycles. The summed E-state index contributed by atoms with van der Waals surface area (Å²) in [7, 11) is 4.32. The van der Waals surface area contributed by atoms with E-state index >= 15 is 0 Å². The van der Waals surface area contributed by atoms with Crippen molar-refractivity contribution >= 4 is 0 Å². The summed E-state index contributed by atoms with van der Waals surface area (Å²) in [5.41, 5.74) is 2.87. The van der Waals surface area contributed by atoms with Gasteiger partial charge in [-0.3, -0.25) is 4.68 Å². The van der Waals surface area contributed by atoms with Crippen molar-refractivity contribution in [2.24, 2.45) is 13.0 Å². The van der Waals surface area contributed by atoms with Crippen LogP contribution >= 0.6 is 0 Å². The highest BCUT2D eigenvalue weighted by atomic mass is 15.3. The molecule has 4 unspecified atom stereocenters. The molecule has 0 saturated carbocycles. The first-order valence-electron chi connectivity index (χ1n) is 8.03. The number of likely N-dealkylation sites (tertiary alicyclic amines) is 1. The van der Waals surface area contributed by atoms with E-state index in [1.165, 1.54) is 43.5 Å². The highest BCUT2D eigenvalue weighted by molar-refractivity contribution is 5.25. The Balaban J connectivity index is 1.72. The number of aryl methyl sites for hydroxylation is 1. The van der Waals surface area contributed by atoms with E-state index in [4.69, 9.17) is 0 Å². The normalized spacial score (nSPS) is 35.0. The molecule has 4 heteroatoms. The number of fused-ring (bicyclic) bond motifs is 1. The lowest BCUT2D eigenvalue weighted by Gasteiger charge is -2.42. The van der Waals surface area contributed by atoms with Crippen LogP contribution in [0.15, 0.2) is 6.20 Å². The van der Waals surface area contributed by atoms with Gasteiger partial charge in [0.05, 0.1) is 6.20 Å². The van der Waals surface area contributed by atoms with Crippen molar-refractivity contribution in [2.45, 2.75) is 57.7 Å². The lowest BCUT2D eigenvalue weighted by molar-refractivity contribution is 0.113. The number of rotatable bonds is 2. The average molecular weight is 276 g/mol. The molecule has 2 aliphatic rings. The van der Waals surface area contributed by atoms with Crippen molar-refractivity contribution in [3.05, 3.63) is 17.5 Å². The Morgan fingerprint density at radius 1 is 1.30 bits per heavy atom. The van der Waals surface area contributed by atoms with Gasteiger partial charge in [-0.2, -0.15) is 5.10 Å². The molecule has 0 amide bonds. The molecule has 1 saturated heterocycles. The van der Waals surface area contributed by atoms with E-state index in [1.807, 2.05) is 0 Å². The maximum atomic E-state index is 4.46. The van der Waals surface area contributed by atoms with Gasteiger partial charge in [0.15, 0.2) is 0 Å². The molecule has 1 fully saturated rings. The lowest BCUT2D eigenvalue weighted by Crippen LogP contribution is -2.51. The monoisotopic (exact) mass is 276 g/mol. The molecule has 1 aromatic heterocycles. The molecule has 4 nitrogen and oxygen atoms in total. The minimum absolute atomic E-state index is 0.510. The summed E-state index contributed by atoms with van der Waals surface area (Å²) in [4.78, 5) is 2.49. The second-order valence-corrected chi connectivity index (χ2v) is 6.89. The van der Waals surface area contributed by atoms with E-state index in [2.05, 4.69) is 54.1 Å². The molecule has 1 aromatic rings. The van der Waals surface area contributed by atoms with Crippen LogP contribution in [-0.4, -0.2) is 40.4 Å². The van der Waals surface area contributed by atoms with E-state index < -0.39 is 0 Å². The minimum atomic E-state index is 0.510. The molecule has 112 valence electrons. The van der Waals surface area contributed by atoms with Gasteiger partial charge in [0, 0.05) is 43.0 Å². The molecular weight excluding hydrogens is 248 g/mol. The molecular formula is C16H28N4. The first-order valence-corrected chi connectivity index (χ1v) is 8.03. The van der Waals surface area contributed by atoms with Crippen molar-refractivity contribution in [2.75, 3.05) is 13.6 Å². The number of hydrogen-bond donors (Lipinski definition) is 1. The van der Waals surface area contributed by atoms with E-state index in [-0.39, 0.29) is 0 Å². The molecule has 0 bridgehead atoms. The number of piperidine rings is 1. The highest BCUT2D eigenvalue weighted by Crippen LogP contribution is 2.31. The molecule has 0 aromatic carbocycles. The van der Waals surface area contributed by atoms with Crippen LogP contribution in [0.25, 0.3) is 0 Å². The summed E-state index contributed by atoms with van der Waals surface area (Å²) in [5.74, 6) is 0.721. The predicted molar refractivity (Wildman–Crippen MR) is 81.7 cm³/mol. The van der Waals surface area contributed by atoms with Gasteiger partial charge in [0.25, 0.3) is 0 Å². The summed E-state index contributed by atoms with van der Waals surface area (Å²) >= 11 is 0. The number of nitrogens with zero attached hydrogens (tertiary/aromatic N) is 3. The predicted octanol–water partition coefficient (Wildman–Crippen LogP) is 2.12. The smallest absolute Gasteiger partial charge is 0.0540 e. The fourth-order valence-corrected chi connectivity index (χ4v) is 3.91. The van der Waals surface area contributed by atoms with Crippen molar-refractivity contribution in [3.63, 3.8) is 0 Å². The fraction of sp³-hybridized carbons (Fsp3) is 0.812. The third-order valence-corrected chi connectivity index (χ3v) is 5.40. The van der Waals surface area contributed by atoms with Crippen molar-refractivity contribution in [1.82, 2.24) is 20.0 Å². The number of nitrogens with one attached hydrogen (secondary N) is 1. The topological polar surface area (TPSA) is 33.1 Å². The van der Waals surface area contributed by atoms with Crippen LogP contribution in [0, 0.1) is 5.92 Å². The fourth-order valence-electron chi connectivity index (χ4n) is 3.91. The molecule has 4 atom stereocenters. The van der Waals surface area contributed by atoms with Gasteiger partial charge in [-0.1, -0.05) is 6.92 Å². The second kappa shape index (κ2) is 5.49. The van der Waals surface area contributed by atoms with Crippen LogP contribution in [0.2, 0.25) is 0 Å². The zero-order valence-corrected chi connectivity index (χ0v) is 13.3. The van der Waals surface area contributed by atoms with E-state index in [9.17, 15) is 0 Å². The van der Waals surface area contributed by atoms with Gasteiger partial charge in [0.2, 0.25) is 0 Å². The van der Waals surface area contributed by atoms with E-state index in [0.29, 0.717) is 18.1 Å². The Hall–Kier alpha value is -0.870. The highest BCUT2D eigenvalue weighted by Gasteiger charge is 2.32. The Labute approximate surface area is 122 Å². The quantitative estimate of drug-likeness (QED) is 0.898. The van der Waals surface area contributed by atoms with Crippen LogP contribution in [0.4, 0.5) is 0 Å². The zero-order valence-electron chi connectivity index (χ0n) is 13.3. The van der Waals surface area contributed by atoms with E-state index in [1.54, 1.807) is 0 Å². The Bertz CT molecular complexity index is 467. The Morgan fingerprint density at radius 2 is 2.10 bits per heavy atom. The van der Waals surface area contributed by atoms with Crippen LogP contribution < -0.4 is 5.32 Å². The average Bonchev–Trinajstić information content (AvgIpc) is 2.79. The van der Waals surface area contributed by atoms with Crippen LogP contribution in [0.5, 0.6) is 0 Å². The summed E-state index contributed by atoms with van der Waals surface area (Å²) in [5, 5.41) is 8.40. The summed E-state index contributed by atoms with van der Waals surface area (Å²) in [6.45, 7) is 5.93. The third-order valence-electron chi connectivity index (χ3n) is 5.40. The third kappa shape index (κ3) is 2.51. The maximum Gasteiger partial charge on any atom is 0.0540 e. The van der Waals surface area contributed by atoms with Gasteiger partial charge in [-0.05, 0) is 45.6 Å². The molecule has 3 rings (SSSR count). The van der Waals surface area contributed by atoms with Crippen LogP contribution in [0.3, 0.4) is 0 Å². The minimum Gasteiger partial charge on any atom is -0.307 e. The summed E-state index contributed by atoms with van der Waals surface area (Å²) in [6.07, 6.45) is 7.05. The molecule has 20 heavy (non-hydrogen) atoms. The van der Waals surface area contributed by atoms with Gasteiger partial charge < -0.3 is 10.2 Å². The van der Waals surface area contributed by atoms with Crippen molar-refractivity contribution in [1.29, 1.82) is 0 Å². The summed E-state index contributed by atoms with van der Waals surface area (Å²) in [6, 6.07) is 1.83. The maximum absolute atomic E-state index is 4.46. The molecule has 1 N–H and O–H groups in total. The molecule has 0 radical (unpaired) electrons. The molecule has 0 spiro atoms. The largest absolute Gasteiger partial charge is 0.307 e. The molecule has 1 aliphatic heterocycles. The Kier molecular flexibility index (Phi) is 3.87. The van der Waals surface area contributed by atoms with Gasteiger partial charge in [0.1, 0.15) is 0 Å². The SMILES string of the molecule is CC1CN(C)C(C)CC1NC1CCCc2c1cnn2C. The van der Waals surface area contributed by atoms with Gasteiger partial charge in [-0.15, -0.1) is 0 Å². The first-order chi connectivity index (χ1) is 9.56. The standard InChI is InChI=1S/C16H28N4/c1-11-10-19(3)12(2)8-15(11)18-14-6-5-7-16-13(14)9-17-20(16)4/h9,11-12,14-15,18H,5-8,10H2,1-4H3. The number of aromatic nitrogens is 2. The van der Waals surface area contributed by atoms with Crippen LogP contribution in [0.1, 0.15) is 50.4 Å². The van der Waals surface area contributed by atoms with Crippen molar-refractivity contribution in [3.8, 4) is 0 Å². The molecule has 1 aliphatic carbocycles. The van der Waals surface area contributed by atoms with Gasteiger partial charge >= 0.3 is 0 Å². The van der Waals surface area contributed by atoms with E-state index in [0.717, 1.165) is 5.92 Å². The Morgan fingerprint density at radius 3 is 2.90 bits per heavy atom. The first kappa shape index (κ1) is 14.1. The number of hydrogen-bond acceptors (Lipinski definition) is 3. The van der Waals surface area contributed by atoms with Gasteiger partial charge in [-0.25, -0.2) is 0 Å². The lowest BCUT2D eigenvalue weighted by atomic mass is 9.86. The second-order valence-electron chi connectivity index (χ2n) is 6.89. The van der Waals surface area contributed by atoms with Crippen molar-refractivity contribution < 1.29 is 0 Å². The summed E-state index contributed by atoms with van der Waals surface area (Å²) < 4.78 is 2.06. The van der Waals surface area contributed by atoms with Crippen LogP contribution in [-0.2, 0) is 13.5 Å².